The Labute approximate surface area is 155 Å². The summed E-state index contributed by atoms with van der Waals surface area (Å²) in [6, 6.07) is 9.95. The van der Waals surface area contributed by atoms with Gasteiger partial charge in [0.2, 0.25) is 0 Å². The van der Waals surface area contributed by atoms with Crippen molar-refractivity contribution >= 4 is 26.5 Å². The second-order valence-electron chi connectivity index (χ2n) is 7.78. The predicted octanol–water partition coefficient (Wildman–Crippen LogP) is 3.98. The van der Waals surface area contributed by atoms with Crippen molar-refractivity contribution in [3.63, 3.8) is 0 Å². The van der Waals surface area contributed by atoms with E-state index >= 15 is 0 Å². The number of carbonyl (C=O) groups excluding carboxylic acids is 1. The molecule has 0 N–H and O–H groups in total. The van der Waals surface area contributed by atoms with E-state index in [1.165, 1.54) is 0 Å². The van der Waals surface area contributed by atoms with Gasteiger partial charge in [-0.3, -0.25) is 9.78 Å². The molecule has 1 fully saturated rings. The highest BCUT2D eigenvalue weighted by atomic mass is 32.2. The van der Waals surface area contributed by atoms with Gasteiger partial charge in [-0.15, -0.1) is 0 Å². The highest BCUT2D eigenvalue weighted by Gasteiger charge is 2.30. The van der Waals surface area contributed by atoms with Crippen LogP contribution in [0.2, 0.25) is 0 Å². The van der Waals surface area contributed by atoms with Gasteiger partial charge in [-0.1, -0.05) is 18.2 Å². The van der Waals surface area contributed by atoms with Crippen LogP contribution in [-0.4, -0.2) is 30.2 Å². The minimum atomic E-state index is -3.00. The molecule has 1 aliphatic rings. The van der Waals surface area contributed by atoms with Crippen LogP contribution in [0.3, 0.4) is 0 Å². The molecular weight excluding hydrogens is 346 g/mol. The summed E-state index contributed by atoms with van der Waals surface area (Å²) in [5, 5.41) is 0.739. The Bertz CT molecular complexity index is 881. The van der Waals surface area contributed by atoms with Gasteiger partial charge in [0.25, 0.3) is 0 Å². The number of carbonyl (C=O) groups is 1. The van der Waals surface area contributed by atoms with Crippen LogP contribution in [0.1, 0.15) is 45.1 Å². The maximum absolute atomic E-state index is 12.7. The number of hydrogen-bond donors (Lipinski definition) is 0. The van der Waals surface area contributed by atoms with Crippen LogP contribution in [0.4, 0.5) is 0 Å². The monoisotopic (exact) mass is 373 g/mol. The first-order chi connectivity index (χ1) is 12.3. The predicted molar refractivity (Wildman–Crippen MR) is 105 cm³/mol. The average molecular weight is 374 g/mol. The number of sulfone groups is 1. The van der Waals surface area contributed by atoms with E-state index in [4.69, 9.17) is 0 Å². The first-order valence-corrected chi connectivity index (χ1v) is 11.1. The smallest absolute Gasteiger partial charge is 0.152 e. The van der Waals surface area contributed by atoms with E-state index in [0.29, 0.717) is 6.42 Å². The van der Waals surface area contributed by atoms with Gasteiger partial charge in [0, 0.05) is 23.9 Å². The van der Waals surface area contributed by atoms with E-state index in [2.05, 4.69) is 4.98 Å². The van der Waals surface area contributed by atoms with Crippen molar-refractivity contribution in [3.05, 3.63) is 42.1 Å². The van der Waals surface area contributed by atoms with E-state index in [0.717, 1.165) is 42.1 Å². The second-order valence-corrected chi connectivity index (χ2v) is 10.4. The zero-order chi connectivity index (χ0) is 18.7. The van der Waals surface area contributed by atoms with Gasteiger partial charge in [-0.25, -0.2) is 8.42 Å². The number of hydrogen-bond acceptors (Lipinski definition) is 4. The number of aromatic nitrogens is 1. The molecule has 0 aliphatic heterocycles. The average Bonchev–Trinajstić information content (AvgIpc) is 2.61. The van der Waals surface area contributed by atoms with Crippen molar-refractivity contribution in [2.24, 2.45) is 11.8 Å². The maximum Gasteiger partial charge on any atom is 0.152 e. The number of ketones is 1. The molecular formula is C21H27NO3S. The lowest BCUT2D eigenvalue weighted by Crippen LogP contribution is -2.29. The lowest BCUT2D eigenvalue weighted by atomic mass is 9.79. The van der Waals surface area contributed by atoms with Gasteiger partial charge < -0.3 is 0 Å². The molecule has 1 aromatic heterocycles. The molecule has 140 valence electrons. The summed E-state index contributed by atoms with van der Waals surface area (Å²) in [5.74, 6) is 0.778. The van der Waals surface area contributed by atoms with Crippen molar-refractivity contribution in [1.82, 2.24) is 4.98 Å². The van der Waals surface area contributed by atoms with Gasteiger partial charge >= 0.3 is 0 Å². The molecule has 1 heterocycles. The molecule has 0 atom stereocenters. The summed E-state index contributed by atoms with van der Waals surface area (Å²) >= 11 is 0. The summed E-state index contributed by atoms with van der Waals surface area (Å²) in [7, 11) is -3.00. The van der Waals surface area contributed by atoms with Gasteiger partial charge in [0.1, 0.15) is 5.78 Å². The first kappa shape index (κ1) is 19.0. The zero-order valence-electron chi connectivity index (χ0n) is 15.5. The fraction of sp³-hybridized carbons (Fsp3) is 0.524. The summed E-state index contributed by atoms with van der Waals surface area (Å²) in [5.41, 5.74) is 1.90. The molecule has 0 unspecified atom stereocenters. The highest BCUT2D eigenvalue weighted by Crippen LogP contribution is 2.31. The molecule has 1 aliphatic carbocycles. The van der Waals surface area contributed by atoms with Crippen molar-refractivity contribution in [1.29, 1.82) is 0 Å². The number of benzene rings is 1. The fourth-order valence-corrected chi connectivity index (χ4v) is 5.11. The lowest BCUT2D eigenvalue weighted by Gasteiger charge is -2.28. The fourth-order valence-electron chi connectivity index (χ4n) is 3.73. The Hall–Kier alpha value is -1.75. The number of fused-ring (bicyclic) bond motifs is 1. The number of para-hydroxylation sites is 1. The lowest BCUT2D eigenvalue weighted by molar-refractivity contribution is -0.123. The molecule has 3 rings (SSSR count). The summed E-state index contributed by atoms with van der Waals surface area (Å²) in [6.07, 6.45) is 5.48. The third kappa shape index (κ3) is 4.50. The number of nitrogens with zero attached hydrogens (tertiary/aromatic N) is 1. The van der Waals surface area contributed by atoms with Crippen molar-refractivity contribution in [2.45, 2.75) is 51.2 Å². The summed E-state index contributed by atoms with van der Waals surface area (Å²) in [4.78, 5) is 17.1. The van der Waals surface area contributed by atoms with Crippen LogP contribution < -0.4 is 0 Å². The molecule has 4 nitrogen and oxygen atoms in total. The van der Waals surface area contributed by atoms with Crippen LogP contribution in [0, 0.1) is 11.8 Å². The van der Waals surface area contributed by atoms with Gasteiger partial charge in [-0.05, 0) is 63.1 Å². The van der Waals surface area contributed by atoms with E-state index < -0.39 is 9.84 Å². The summed E-state index contributed by atoms with van der Waals surface area (Å²) < 4.78 is 24.2. The Kier molecular flexibility index (Phi) is 5.76. The molecule has 0 amide bonds. The van der Waals surface area contributed by atoms with E-state index in [-0.39, 0.29) is 28.6 Å². The Morgan fingerprint density at radius 3 is 2.54 bits per heavy atom. The normalized spacial score (nSPS) is 21.2. The SMILES string of the molecule is CC(C)S(=O)(=O)CC1CCC(C(=O)Cc2cnc3ccccc3c2)CC1. The number of Topliss-reactive ketones (excluding diaryl/α,β-unsaturated/α-hetero) is 1. The molecule has 0 bridgehead atoms. The van der Waals surface area contributed by atoms with Gasteiger partial charge in [0.15, 0.2) is 9.84 Å². The van der Waals surface area contributed by atoms with E-state index in [9.17, 15) is 13.2 Å². The summed E-state index contributed by atoms with van der Waals surface area (Å²) in [6.45, 7) is 3.48. The van der Waals surface area contributed by atoms with E-state index in [1.807, 2.05) is 30.3 Å². The van der Waals surface area contributed by atoms with Crippen LogP contribution in [0.25, 0.3) is 10.9 Å². The molecule has 0 spiro atoms. The number of rotatable bonds is 6. The molecule has 26 heavy (non-hydrogen) atoms. The molecule has 0 radical (unpaired) electrons. The van der Waals surface area contributed by atoms with Gasteiger partial charge in [0.05, 0.1) is 16.5 Å². The molecule has 1 aromatic carbocycles. The molecule has 5 heteroatoms. The Morgan fingerprint density at radius 1 is 1.15 bits per heavy atom. The Balaban J connectivity index is 1.56. The van der Waals surface area contributed by atoms with E-state index in [1.54, 1.807) is 20.0 Å². The van der Waals surface area contributed by atoms with Crippen molar-refractivity contribution < 1.29 is 13.2 Å². The third-order valence-corrected chi connectivity index (χ3v) is 7.89. The first-order valence-electron chi connectivity index (χ1n) is 9.43. The largest absolute Gasteiger partial charge is 0.299 e. The Morgan fingerprint density at radius 2 is 1.85 bits per heavy atom. The quantitative estimate of drug-likeness (QED) is 0.768. The van der Waals surface area contributed by atoms with Crippen LogP contribution in [-0.2, 0) is 21.1 Å². The third-order valence-electron chi connectivity index (χ3n) is 5.51. The molecule has 2 aromatic rings. The minimum Gasteiger partial charge on any atom is -0.299 e. The maximum atomic E-state index is 12.7. The number of pyridine rings is 1. The van der Waals surface area contributed by atoms with Crippen molar-refractivity contribution in [3.8, 4) is 0 Å². The van der Waals surface area contributed by atoms with Crippen LogP contribution in [0.15, 0.2) is 36.5 Å². The minimum absolute atomic E-state index is 0.0551. The topological polar surface area (TPSA) is 64.1 Å². The van der Waals surface area contributed by atoms with Gasteiger partial charge in [-0.2, -0.15) is 0 Å². The van der Waals surface area contributed by atoms with Crippen LogP contribution in [0.5, 0.6) is 0 Å². The second kappa shape index (κ2) is 7.87. The van der Waals surface area contributed by atoms with Crippen molar-refractivity contribution in [2.75, 3.05) is 5.75 Å². The standard InChI is InChI=1S/C21H27NO3S/c1-15(2)26(24,25)14-16-7-9-18(10-8-16)21(23)12-17-11-19-5-3-4-6-20(19)22-13-17/h3-6,11,13,15-16,18H,7-10,12,14H2,1-2H3. The molecule has 0 saturated heterocycles. The molecule has 1 saturated carbocycles. The zero-order valence-corrected chi connectivity index (χ0v) is 16.3. The van der Waals surface area contributed by atoms with Crippen LogP contribution >= 0.6 is 0 Å². The highest BCUT2D eigenvalue weighted by molar-refractivity contribution is 7.91.